The molecular weight excluding hydrogens is 400 g/mol. The summed E-state index contributed by atoms with van der Waals surface area (Å²) in [5, 5.41) is 9.27. The van der Waals surface area contributed by atoms with E-state index in [0.29, 0.717) is 26.2 Å². The van der Waals surface area contributed by atoms with Crippen LogP contribution in [0.15, 0.2) is 35.2 Å². The molecule has 9 heteroatoms. The first-order valence-electron chi connectivity index (χ1n) is 10.3. The van der Waals surface area contributed by atoms with Crippen LogP contribution in [0, 0.1) is 18.3 Å². The molecule has 0 aliphatic carbocycles. The molecule has 30 heavy (non-hydrogen) atoms. The van der Waals surface area contributed by atoms with E-state index in [1.165, 1.54) is 35.7 Å². The van der Waals surface area contributed by atoms with Crippen LogP contribution in [0.25, 0.3) is 0 Å². The molecule has 0 radical (unpaired) electrons. The van der Waals surface area contributed by atoms with Crippen molar-refractivity contribution in [3.8, 4) is 6.07 Å². The number of piperidine rings is 1. The number of piperazine rings is 1. The minimum Gasteiger partial charge on any atom is -0.356 e. The first-order valence-corrected chi connectivity index (χ1v) is 11.8. The van der Waals surface area contributed by atoms with E-state index in [9.17, 15) is 13.7 Å². The van der Waals surface area contributed by atoms with E-state index in [0.717, 1.165) is 30.5 Å². The van der Waals surface area contributed by atoms with Crippen LogP contribution < -0.4 is 9.80 Å². The minimum absolute atomic E-state index is 0.0752. The first kappa shape index (κ1) is 20.6. The van der Waals surface area contributed by atoms with Crippen LogP contribution in [-0.2, 0) is 10.0 Å². The molecule has 0 unspecified atom stereocenters. The van der Waals surface area contributed by atoms with Gasteiger partial charge in [0.1, 0.15) is 23.5 Å². The third-order valence-electron chi connectivity index (χ3n) is 5.68. The van der Waals surface area contributed by atoms with Gasteiger partial charge in [-0.3, -0.25) is 0 Å². The molecule has 2 saturated heterocycles. The van der Waals surface area contributed by atoms with Crippen LogP contribution in [0.2, 0.25) is 0 Å². The summed E-state index contributed by atoms with van der Waals surface area (Å²) in [6.07, 6.45) is 3.62. The predicted octanol–water partition coefficient (Wildman–Crippen LogP) is 2.16. The lowest BCUT2D eigenvalue weighted by Crippen LogP contribution is -2.49. The highest BCUT2D eigenvalue weighted by Crippen LogP contribution is 2.25. The van der Waals surface area contributed by atoms with Crippen molar-refractivity contribution in [2.24, 2.45) is 0 Å². The molecule has 2 aromatic rings. The Morgan fingerprint density at radius 1 is 0.900 bits per heavy atom. The lowest BCUT2D eigenvalue weighted by Gasteiger charge is -2.35. The lowest BCUT2D eigenvalue weighted by atomic mass is 10.1. The second kappa shape index (κ2) is 8.58. The minimum atomic E-state index is -3.70. The van der Waals surface area contributed by atoms with E-state index in [1.807, 2.05) is 19.1 Å². The van der Waals surface area contributed by atoms with Gasteiger partial charge < -0.3 is 9.80 Å². The van der Waals surface area contributed by atoms with Gasteiger partial charge in [0.25, 0.3) is 0 Å². The van der Waals surface area contributed by atoms with Crippen LogP contribution in [-0.4, -0.2) is 62.0 Å². The molecule has 2 aliphatic rings. The molecule has 158 valence electrons. The van der Waals surface area contributed by atoms with Gasteiger partial charge in [0, 0.05) is 45.3 Å². The average molecular weight is 427 g/mol. The van der Waals surface area contributed by atoms with Crippen molar-refractivity contribution < 1.29 is 8.42 Å². The van der Waals surface area contributed by atoms with E-state index in [1.54, 1.807) is 12.1 Å². The van der Waals surface area contributed by atoms with Crippen molar-refractivity contribution >= 4 is 21.7 Å². The summed E-state index contributed by atoms with van der Waals surface area (Å²) in [6.45, 7) is 5.72. The number of nitrogens with zero attached hydrogens (tertiary/aromatic N) is 6. The molecule has 0 amide bonds. The third-order valence-corrected chi connectivity index (χ3v) is 7.64. The summed E-state index contributed by atoms with van der Waals surface area (Å²) in [5.74, 6) is 2.53. The summed E-state index contributed by atoms with van der Waals surface area (Å²) >= 11 is 0. The predicted molar refractivity (Wildman–Crippen MR) is 115 cm³/mol. The average Bonchev–Trinajstić information content (AvgIpc) is 2.79. The Balaban J connectivity index is 1.50. The van der Waals surface area contributed by atoms with Gasteiger partial charge in [0.05, 0.1) is 10.5 Å². The van der Waals surface area contributed by atoms with E-state index in [2.05, 4.69) is 19.8 Å². The molecule has 0 N–H and O–H groups in total. The molecule has 0 spiro atoms. The maximum Gasteiger partial charge on any atom is 0.244 e. The second-order valence-corrected chi connectivity index (χ2v) is 9.58. The quantitative estimate of drug-likeness (QED) is 0.739. The van der Waals surface area contributed by atoms with Gasteiger partial charge >= 0.3 is 0 Å². The molecule has 2 fully saturated rings. The number of nitriles is 1. The van der Waals surface area contributed by atoms with Gasteiger partial charge in [-0.15, -0.1) is 0 Å². The maximum atomic E-state index is 13.0. The molecule has 1 aromatic heterocycles. The standard InChI is InChI=1S/C21H26N6O2S/c1-17-23-20(25-9-5-2-6-10-25)15-21(24-17)26-11-13-27(14-12-26)30(28,29)19-8-4-3-7-18(19)16-22/h3-4,7-8,15H,2,5-6,9-14H2,1H3. The van der Waals surface area contributed by atoms with Gasteiger partial charge in [-0.25, -0.2) is 18.4 Å². The molecular formula is C21H26N6O2S. The SMILES string of the molecule is Cc1nc(N2CCCCC2)cc(N2CCN(S(=O)(=O)c3ccccc3C#N)CC2)n1. The summed E-state index contributed by atoms with van der Waals surface area (Å²) in [5.41, 5.74) is 0.178. The molecule has 2 aliphatic heterocycles. The third kappa shape index (κ3) is 4.11. The van der Waals surface area contributed by atoms with Crippen molar-refractivity contribution in [1.29, 1.82) is 5.26 Å². The number of aryl methyl sites for hydroxylation is 1. The lowest BCUT2D eigenvalue weighted by molar-refractivity contribution is 0.383. The van der Waals surface area contributed by atoms with E-state index in [4.69, 9.17) is 0 Å². The van der Waals surface area contributed by atoms with Gasteiger partial charge in [0.15, 0.2) is 0 Å². The van der Waals surface area contributed by atoms with Crippen molar-refractivity contribution in [2.45, 2.75) is 31.1 Å². The van der Waals surface area contributed by atoms with Crippen molar-refractivity contribution in [1.82, 2.24) is 14.3 Å². The van der Waals surface area contributed by atoms with E-state index in [-0.39, 0.29) is 10.5 Å². The topological polar surface area (TPSA) is 93.4 Å². The zero-order valence-corrected chi connectivity index (χ0v) is 18.0. The molecule has 0 bridgehead atoms. The molecule has 8 nitrogen and oxygen atoms in total. The maximum absolute atomic E-state index is 13.0. The summed E-state index contributed by atoms with van der Waals surface area (Å²) < 4.78 is 27.6. The van der Waals surface area contributed by atoms with Gasteiger partial charge in [-0.05, 0) is 38.3 Å². The summed E-state index contributed by atoms with van der Waals surface area (Å²) in [7, 11) is -3.70. The highest BCUT2D eigenvalue weighted by Gasteiger charge is 2.31. The second-order valence-electron chi connectivity index (χ2n) is 7.68. The Kier molecular flexibility index (Phi) is 5.88. The van der Waals surface area contributed by atoms with Crippen LogP contribution in [0.1, 0.15) is 30.7 Å². The smallest absolute Gasteiger partial charge is 0.244 e. The molecule has 3 heterocycles. The molecule has 4 rings (SSSR count). The fourth-order valence-corrected chi connectivity index (χ4v) is 5.63. The van der Waals surface area contributed by atoms with Crippen LogP contribution in [0.4, 0.5) is 11.6 Å². The Morgan fingerprint density at radius 3 is 2.13 bits per heavy atom. The Labute approximate surface area is 177 Å². The summed E-state index contributed by atoms with van der Waals surface area (Å²) in [4.78, 5) is 13.7. The van der Waals surface area contributed by atoms with Gasteiger partial charge in [-0.2, -0.15) is 9.57 Å². The number of hydrogen-bond acceptors (Lipinski definition) is 7. The Bertz CT molecular complexity index is 1050. The normalized spacial score (nSPS) is 18.3. The van der Waals surface area contributed by atoms with Crippen molar-refractivity contribution in [3.63, 3.8) is 0 Å². The van der Waals surface area contributed by atoms with Crippen molar-refractivity contribution in [2.75, 3.05) is 49.1 Å². The Hall–Kier alpha value is -2.70. The van der Waals surface area contributed by atoms with Crippen LogP contribution in [0.3, 0.4) is 0 Å². The molecule has 1 aromatic carbocycles. The highest BCUT2D eigenvalue weighted by molar-refractivity contribution is 7.89. The molecule has 0 atom stereocenters. The largest absolute Gasteiger partial charge is 0.356 e. The van der Waals surface area contributed by atoms with Crippen LogP contribution in [0.5, 0.6) is 0 Å². The highest BCUT2D eigenvalue weighted by atomic mass is 32.2. The summed E-state index contributed by atoms with van der Waals surface area (Å²) in [6, 6.07) is 10.4. The first-order chi connectivity index (χ1) is 14.5. The zero-order chi connectivity index (χ0) is 21.1. The number of sulfonamides is 1. The number of hydrogen-bond donors (Lipinski definition) is 0. The fourth-order valence-electron chi connectivity index (χ4n) is 4.06. The van der Waals surface area contributed by atoms with E-state index >= 15 is 0 Å². The molecule has 0 saturated carbocycles. The fraction of sp³-hybridized carbons (Fsp3) is 0.476. The monoisotopic (exact) mass is 426 g/mol. The number of rotatable bonds is 4. The van der Waals surface area contributed by atoms with Crippen molar-refractivity contribution in [3.05, 3.63) is 41.7 Å². The number of benzene rings is 1. The number of aromatic nitrogens is 2. The van der Waals surface area contributed by atoms with Gasteiger partial charge in [-0.1, -0.05) is 12.1 Å². The van der Waals surface area contributed by atoms with Gasteiger partial charge in [0.2, 0.25) is 10.0 Å². The van der Waals surface area contributed by atoms with Crippen LogP contribution >= 0.6 is 0 Å². The number of anilines is 2. The zero-order valence-electron chi connectivity index (χ0n) is 17.2. The van der Waals surface area contributed by atoms with E-state index < -0.39 is 10.0 Å². The Morgan fingerprint density at radius 2 is 1.50 bits per heavy atom.